The zero-order chi connectivity index (χ0) is 11.7. The topological polar surface area (TPSA) is 46.3 Å². The van der Waals surface area contributed by atoms with Crippen LogP contribution in [0.15, 0.2) is 18.2 Å². The third-order valence-corrected chi connectivity index (χ3v) is 2.89. The Morgan fingerprint density at radius 3 is 2.94 bits per heavy atom. The summed E-state index contributed by atoms with van der Waals surface area (Å²) in [6, 6.07) is 5.82. The molecule has 1 aliphatic rings. The van der Waals surface area contributed by atoms with E-state index in [-0.39, 0.29) is 5.91 Å². The van der Waals surface area contributed by atoms with Crippen LogP contribution in [0, 0.1) is 5.92 Å². The van der Waals surface area contributed by atoms with E-state index in [1.165, 1.54) is 5.56 Å². The summed E-state index contributed by atoms with van der Waals surface area (Å²) in [6.45, 7) is 4.92. The van der Waals surface area contributed by atoms with Crippen molar-refractivity contribution in [3.05, 3.63) is 23.8 Å². The predicted molar refractivity (Wildman–Crippen MR) is 66.4 cm³/mol. The molecule has 2 rings (SSSR count). The molecule has 1 aliphatic heterocycles. The van der Waals surface area contributed by atoms with Crippen LogP contribution < -0.4 is 10.6 Å². The lowest BCUT2D eigenvalue weighted by molar-refractivity contribution is -0.119. The maximum absolute atomic E-state index is 12.0. The number of carbonyl (C=O) groups is 1. The minimum Gasteiger partial charge on any atom is -0.399 e. The summed E-state index contributed by atoms with van der Waals surface area (Å²) in [5.41, 5.74) is 8.71. The summed E-state index contributed by atoms with van der Waals surface area (Å²) in [6.07, 6.45) is 1.55. The maximum atomic E-state index is 12.0. The molecule has 1 aromatic rings. The quantitative estimate of drug-likeness (QED) is 0.773. The van der Waals surface area contributed by atoms with Gasteiger partial charge in [-0.05, 0) is 30.0 Å². The molecule has 0 unspecified atom stereocenters. The second kappa shape index (κ2) is 4.16. The first-order valence-corrected chi connectivity index (χ1v) is 5.76. The van der Waals surface area contributed by atoms with Crippen molar-refractivity contribution in [3.8, 4) is 0 Å². The summed E-state index contributed by atoms with van der Waals surface area (Å²) in [4.78, 5) is 13.9. The van der Waals surface area contributed by atoms with Crippen LogP contribution in [0.1, 0.15) is 25.8 Å². The average molecular weight is 218 g/mol. The van der Waals surface area contributed by atoms with Gasteiger partial charge in [-0.3, -0.25) is 4.79 Å². The highest BCUT2D eigenvalue weighted by atomic mass is 16.2. The van der Waals surface area contributed by atoms with Crippen LogP contribution in [0.3, 0.4) is 0 Å². The number of hydrogen-bond donors (Lipinski definition) is 1. The molecule has 3 heteroatoms. The van der Waals surface area contributed by atoms with E-state index in [9.17, 15) is 4.79 Å². The van der Waals surface area contributed by atoms with E-state index in [1.807, 2.05) is 23.1 Å². The van der Waals surface area contributed by atoms with Gasteiger partial charge in [0.05, 0.1) is 0 Å². The van der Waals surface area contributed by atoms with Gasteiger partial charge in [-0.1, -0.05) is 19.9 Å². The number of rotatable bonds is 2. The molecule has 0 fully saturated rings. The number of hydrogen-bond acceptors (Lipinski definition) is 2. The number of nitrogens with zero attached hydrogens (tertiary/aromatic N) is 1. The Bertz CT molecular complexity index is 412. The zero-order valence-corrected chi connectivity index (χ0v) is 9.86. The minimum atomic E-state index is 0.208. The highest BCUT2D eigenvalue weighted by Gasteiger charge is 2.24. The number of carbonyl (C=O) groups excluding carboxylic acids is 1. The maximum Gasteiger partial charge on any atom is 0.227 e. The Labute approximate surface area is 96.2 Å². The van der Waals surface area contributed by atoms with Gasteiger partial charge in [0.15, 0.2) is 0 Å². The van der Waals surface area contributed by atoms with E-state index < -0.39 is 0 Å². The monoisotopic (exact) mass is 218 g/mol. The van der Waals surface area contributed by atoms with Crippen molar-refractivity contribution < 1.29 is 4.79 Å². The third-order valence-electron chi connectivity index (χ3n) is 2.89. The molecule has 3 nitrogen and oxygen atoms in total. The number of nitrogens with two attached hydrogens (primary N) is 1. The largest absolute Gasteiger partial charge is 0.399 e. The van der Waals surface area contributed by atoms with Gasteiger partial charge in [0.2, 0.25) is 5.91 Å². The fraction of sp³-hybridized carbons (Fsp3) is 0.462. The number of benzene rings is 1. The van der Waals surface area contributed by atoms with Gasteiger partial charge in [-0.2, -0.15) is 0 Å². The molecule has 1 aromatic carbocycles. The number of anilines is 2. The Balaban J connectivity index is 2.22. The molecule has 0 bridgehead atoms. The van der Waals surface area contributed by atoms with E-state index in [0.717, 1.165) is 24.3 Å². The van der Waals surface area contributed by atoms with Crippen LogP contribution in [0.25, 0.3) is 0 Å². The van der Waals surface area contributed by atoms with Crippen LogP contribution in [0.4, 0.5) is 11.4 Å². The Morgan fingerprint density at radius 1 is 1.50 bits per heavy atom. The summed E-state index contributed by atoms with van der Waals surface area (Å²) in [5, 5.41) is 0. The standard InChI is InChI=1S/C13H18N2O/c1-9(2)7-13(16)15-6-5-10-3-4-11(14)8-12(10)15/h3-4,8-9H,5-7,14H2,1-2H3. The van der Waals surface area contributed by atoms with E-state index in [0.29, 0.717) is 12.3 Å². The van der Waals surface area contributed by atoms with E-state index in [1.54, 1.807) is 0 Å². The third kappa shape index (κ3) is 2.03. The molecular weight excluding hydrogens is 200 g/mol. The molecule has 0 saturated heterocycles. The predicted octanol–water partition coefficient (Wildman–Crippen LogP) is 2.20. The van der Waals surface area contributed by atoms with Gasteiger partial charge >= 0.3 is 0 Å². The SMILES string of the molecule is CC(C)CC(=O)N1CCc2ccc(N)cc21. The highest BCUT2D eigenvalue weighted by molar-refractivity contribution is 5.96. The number of nitrogen functional groups attached to an aromatic ring is 1. The second-order valence-corrected chi connectivity index (χ2v) is 4.78. The van der Waals surface area contributed by atoms with Crippen molar-refractivity contribution in [3.63, 3.8) is 0 Å². The molecule has 0 atom stereocenters. The summed E-state index contributed by atoms with van der Waals surface area (Å²) in [7, 11) is 0. The number of amides is 1. The lowest BCUT2D eigenvalue weighted by Crippen LogP contribution is -2.29. The van der Waals surface area contributed by atoms with Crippen LogP contribution in [0.5, 0.6) is 0 Å². The summed E-state index contributed by atoms with van der Waals surface area (Å²) >= 11 is 0. The Hall–Kier alpha value is -1.51. The van der Waals surface area contributed by atoms with Gasteiger partial charge in [-0.25, -0.2) is 0 Å². The van der Waals surface area contributed by atoms with Gasteiger partial charge < -0.3 is 10.6 Å². The molecule has 2 N–H and O–H groups in total. The van der Waals surface area contributed by atoms with Crippen LogP contribution in [0.2, 0.25) is 0 Å². The lowest BCUT2D eigenvalue weighted by Gasteiger charge is -2.18. The fourth-order valence-corrected chi connectivity index (χ4v) is 2.11. The van der Waals surface area contributed by atoms with Gasteiger partial charge in [0, 0.05) is 24.3 Å². The van der Waals surface area contributed by atoms with Crippen molar-refractivity contribution >= 4 is 17.3 Å². The smallest absolute Gasteiger partial charge is 0.227 e. The van der Waals surface area contributed by atoms with Crippen molar-refractivity contribution in [1.82, 2.24) is 0 Å². The van der Waals surface area contributed by atoms with Gasteiger partial charge in [-0.15, -0.1) is 0 Å². The molecule has 86 valence electrons. The highest BCUT2D eigenvalue weighted by Crippen LogP contribution is 2.30. The molecule has 0 saturated carbocycles. The first-order chi connectivity index (χ1) is 7.58. The second-order valence-electron chi connectivity index (χ2n) is 4.78. The minimum absolute atomic E-state index is 0.208. The average Bonchev–Trinajstić information content (AvgIpc) is 2.59. The molecule has 1 heterocycles. The van der Waals surface area contributed by atoms with E-state index in [2.05, 4.69) is 13.8 Å². The molecule has 0 aromatic heterocycles. The first-order valence-electron chi connectivity index (χ1n) is 5.76. The fourth-order valence-electron chi connectivity index (χ4n) is 2.11. The molecule has 0 aliphatic carbocycles. The number of fused-ring (bicyclic) bond motifs is 1. The van der Waals surface area contributed by atoms with E-state index in [4.69, 9.17) is 5.73 Å². The summed E-state index contributed by atoms with van der Waals surface area (Å²) < 4.78 is 0. The van der Waals surface area contributed by atoms with Crippen LogP contribution in [-0.4, -0.2) is 12.5 Å². The van der Waals surface area contributed by atoms with Crippen molar-refractivity contribution in [2.45, 2.75) is 26.7 Å². The first kappa shape index (κ1) is 11.0. The molecule has 0 radical (unpaired) electrons. The molecule has 16 heavy (non-hydrogen) atoms. The Kier molecular flexibility index (Phi) is 2.86. The van der Waals surface area contributed by atoms with Crippen molar-refractivity contribution in [2.75, 3.05) is 17.2 Å². The van der Waals surface area contributed by atoms with Gasteiger partial charge in [0.25, 0.3) is 0 Å². The van der Waals surface area contributed by atoms with Crippen molar-refractivity contribution in [1.29, 1.82) is 0 Å². The van der Waals surface area contributed by atoms with Crippen molar-refractivity contribution in [2.24, 2.45) is 5.92 Å². The normalized spacial score (nSPS) is 14.3. The molecule has 1 amide bonds. The van der Waals surface area contributed by atoms with Crippen LogP contribution in [-0.2, 0) is 11.2 Å². The lowest BCUT2D eigenvalue weighted by atomic mass is 10.1. The zero-order valence-electron chi connectivity index (χ0n) is 9.86. The Morgan fingerprint density at radius 2 is 2.25 bits per heavy atom. The van der Waals surface area contributed by atoms with E-state index >= 15 is 0 Å². The molecule has 0 spiro atoms. The summed E-state index contributed by atoms with van der Waals surface area (Å²) in [5.74, 6) is 0.608. The van der Waals surface area contributed by atoms with Gasteiger partial charge in [0.1, 0.15) is 0 Å². The van der Waals surface area contributed by atoms with Crippen LogP contribution >= 0.6 is 0 Å². The molecular formula is C13H18N2O.